The van der Waals surface area contributed by atoms with Crippen LogP contribution >= 0.6 is 11.6 Å². The van der Waals surface area contributed by atoms with E-state index in [1.54, 1.807) is 6.20 Å². The molecule has 2 aromatic rings. The van der Waals surface area contributed by atoms with Crippen molar-refractivity contribution in [2.24, 2.45) is 5.73 Å². The van der Waals surface area contributed by atoms with Crippen molar-refractivity contribution < 1.29 is 0 Å². The van der Waals surface area contributed by atoms with Gasteiger partial charge in [-0.15, -0.1) is 0 Å². The van der Waals surface area contributed by atoms with Crippen LogP contribution in [0.25, 0.3) is 5.65 Å². The Bertz CT molecular complexity index is 450. The van der Waals surface area contributed by atoms with E-state index in [-0.39, 0.29) is 6.04 Å². The molecule has 0 bridgehead atoms. The molecule has 1 unspecified atom stereocenters. The number of aromatic nitrogens is 2. The highest BCUT2D eigenvalue weighted by atomic mass is 35.5. The summed E-state index contributed by atoms with van der Waals surface area (Å²) in [5.74, 6) is 0. The highest BCUT2D eigenvalue weighted by Crippen LogP contribution is 2.18. The lowest BCUT2D eigenvalue weighted by Crippen LogP contribution is -2.10. The summed E-state index contributed by atoms with van der Waals surface area (Å²) >= 11 is 5.86. The van der Waals surface area contributed by atoms with Crippen molar-refractivity contribution in [2.45, 2.75) is 19.4 Å². The van der Waals surface area contributed by atoms with E-state index in [4.69, 9.17) is 17.3 Å². The minimum Gasteiger partial charge on any atom is -0.323 e. The summed E-state index contributed by atoms with van der Waals surface area (Å²) < 4.78 is 1.97. The molecule has 3 nitrogen and oxygen atoms in total. The topological polar surface area (TPSA) is 43.3 Å². The number of nitrogens with zero attached hydrogens (tertiary/aromatic N) is 2. The number of hydrogen-bond acceptors (Lipinski definition) is 2. The zero-order chi connectivity index (χ0) is 10.1. The third kappa shape index (κ3) is 1.49. The normalized spacial score (nSPS) is 13.4. The van der Waals surface area contributed by atoms with Crippen molar-refractivity contribution in [3.63, 3.8) is 0 Å². The summed E-state index contributed by atoms with van der Waals surface area (Å²) in [7, 11) is 0. The molecule has 2 N–H and O–H groups in total. The summed E-state index contributed by atoms with van der Waals surface area (Å²) in [6, 6.07) is 3.70. The second kappa shape index (κ2) is 3.59. The van der Waals surface area contributed by atoms with Gasteiger partial charge in [-0.3, -0.25) is 0 Å². The molecule has 0 radical (unpaired) electrons. The first-order chi connectivity index (χ1) is 6.72. The third-order valence-corrected chi connectivity index (χ3v) is 2.56. The van der Waals surface area contributed by atoms with Crippen LogP contribution in [0.3, 0.4) is 0 Å². The summed E-state index contributed by atoms with van der Waals surface area (Å²) in [6.07, 6.45) is 4.60. The standard InChI is InChI=1S/C10H12ClN3/c1-2-8(12)9-6-13-10-5-7(11)3-4-14(9)10/h3-6,8H,2,12H2,1H3. The Balaban J connectivity index is 2.58. The molecule has 14 heavy (non-hydrogen) atoms. The van der Waals surface area contributed by atoms with Gasteiger partial charge < -0.3 is 10.1 Å². The molecule has 0 aromatic carbocycles. The Morgan fingerprint density at radius 1 is 1.64 bits per heavy atom. The molecule has 0 aliphatic rings. The second-order valence-corrected chi connectivity index (χ2v) is 3.71. The summed E-state index contributed by atoms with van der Waals surface area (Å²) in [5.41, 5.74) is 7.82. The lowest BCUT2D eigenvalue weighted by Gasteiger charge is -2.07. The first kappa shape index (κ1) is 9.49. The summed E-state index contributed by atoms with van der Waals surface area (Å²) in [5, 5.41) is 0.694. The first-order valence-corrected chi connectivity index (χ1v) is 4.98. The minimum atomic E-state index is 0.0335. The molecule has 0 spiro atoms. The Labute approximate surface area is 87.5 Å². The maximum atomic E-state index is 5.95. The van der Waals surface area contributed by atoms with Crippen LogP contribution in [-0.4, -0.2) is 9.38 Å². The second-order valence-electron chi connectivity index (χ2n) is 3.27. The number of rotatable bonds is 2. The monoisotopic (exact) mass is 209 g/mol. The smallest absolute Gasteiger partial charge is 0.138 e. The van der Waals surface area contributed by atoms with Gasteiger partial charge in [-0.05, 0) is 18.6 Å². The van der Waals surface area contributed by atoms with Gasteiger partial charge in [-0.2, -0.15) is 0 Å². The van der Waals surface area contributed by atoms with E-state index in [1.165, 1.54) is 0 Å². The predicted molar refractivity (Wildman–Crippen MR) is 57.4 cm³/mol. The Morgan fingerprint density at radius 3 is 3.14 bits per heavy atom. The quantitative estimate of drug-likeness (QED) is 0.826. The molecule has 0 amide bonds. The van der Waals surface area contributed by atoms with E-state index in [9.17, 15) is 0 Å². The van der Waals surface area contributed by atoms with E-state index in [0.29, 0.717) is 5.02 Å². The number of nitrogens with two attached hydrogens (primary N) is 1. The number of halogens is 1. The van der Waals surface area contributed by atoms with Crippen molar-refractivity contribution >= 4 is 17.2 Å². The van der Waals surface area contributed by atoms with Gasteiger partial charge in [0.25, 0.3) is 0 Å². The Hall–Kier alpha value is -1.06. The number of pyridine rings is 1. The summed E-state index contributed by atoms with van der Waals surface area (Å²) in [4.78, 5) is 4.25. The maximum Gasteiger partial charge on any atom is 0.138 e. The highest BCUT2D eigenvalue weighted by molar-refractivity contribution is 6.30. The van der Waals surface area contributed by atoms with E-state index >= 15 is 0 Å². The number of hydrogen-bond donors (Lipinski definition) is 1. The molecule has 0 fully saturated rings. The molecule has 0 saturated heterocycles. The van der Waals surface area contributed by atoms with Gasteiger partial charge in [-0.1, -0.05) is 18.5 Å². The van der Waals surface area contributed by atoms with Gasteiger partial charge in [0.05, 0.1) is 11.9 Å². The van der Waals surface area contributed by atoms with E-state index < -0.39 is 0 Å². The van der Waals surface area contributed by atoms with Crippen molar-refractivity contribution in [1.82, 2.24) is 9.38 Å². The van der Waals surface area contributed by atoms with Crippen molar-refractivity contribution in [2.75, 3.05) is 0 Å². The molecular formula is C10H12ClN3. The van der Waals surface area contributed by atoms with Crippen molar-refractivity contribution in [3.05, 3.63) is 35.2 Å². The van der Waals surface area contributed by atoms with Gasteiger partial charge in [0.15, 0.2) is 0 Å². The van der Waals surface area contributed by atoms with E-state index in [1.807, 2.05) is 22.7 Å². The fraction of sp³-hybridized carbons (Fsp3) is 0.300. The van der Waals surface area contributed by atoms with Crippen LogP contribution in [0.15, 0.2) is 24.5 Å². The van der Waals surface area contributed by atoms with Gasteiger partial charge >= 0.3 is 0 Å². The molecule has 2 heterocycles. The lowest BCUT2D eigenvalue weighted by atomic mass is 10.2. The molecule has 1 atom stereocenters. The van der Waals surface area contributed by atoms with Crippen LogP contribution in [-0.2, 0) is 0 Å². The van der Waals surface area contributed by atoms with Crippen molar-refractivity contribution in [1.29, 1.82) is 0 Å². The summed E-state index contributed by atoms with van der Waals surface area (Å²) in [6.45, 7) is 2.06. The average molecular weight is 210 g/mol. The van der Waals surface area contributed by atoms with Crippen LogP contribution < -0.4 is 5.73 Å². The highest BCUT2D eigenvalue weighted by Gasteiger charge is 2.09. The fourth-order valence-corrected chi connectivity index (χ4v) is 1.61. The van der Waals surface area contributed by atoms with Crippen LogP contribution in [0.5, 0.6) is 0 Å². The Morgan fingerprint density at radius 2 is 2.43 bits per heavy atom. The van der Waals surface area contributed by atoms with E-state index in [2.05, 4.69) is 11.9 Å². The number of imidazole rings is 1. The SMILES string of the molecule is CCC(N)c1cnc2cc(Cl)ccn12. The third-order valence-electron chi connectivity index (χ3n) is 2.32. The molecule has 0 aliphatic carbocycles. The fourth-order valence-electron chi connectivity index (χ4n) is 1.46. The van der Waals surface area contributed by atoms with Crippen LogP contribution in [0.2, 0.25) is 5.02 Å². The first-order valence-electron chi connectivity index (χ1n) is 4.60. The van der Waals surface area contributed by atoms with E-state index in [0.717, 1.165) is 17.8 Å². The van der Waals surface area contributed by atoms with Gasteiger partial charge in [0.2, 0.25) is 0 Å². The van der Waals surface area contributed by atoms with Crippen LogP contribution in [0, 0.1) is 0 Å². The van der Waals surface area contributed by atoms with Gasteiger partial charge in [0.1, 0.15) is 5.65 Å². The molecular weight excluding hydrogens is 198 g/mol. The predicted octanol–water partition coefficient (Wildman–Crippen LogP) is 2.40. The van der Waals surface area contributed by atoms with Crippen LogP contribution in [0.4, 0.5) is 0 Å². The minimum absolute atomic E-state index is 0.0335. The maximum absolute atomic E-state index is 5.95. The molecule has 74 valence electrons. The molecule has 4 heteroatoms. The molecule has 2 rings (SSSR count). The van der Waals surface area contributed by atoms with Crippen molar-refractivity contribution in [3.8, 4) is 0 Å². The molecule has 0 saturated carbocycles. The zero-order valence-corrected chi connectivity index (χ0v) is 8.70. The Kier molecular flexibility index (Phi) is 2.44. The van der Waals surface area contributed by atoms with Crippen LogP contribution in [0.1, 0.15) is 25.1 Å². The lowest BCUT2D eigenvalue weighted by molar-refractivity contribution is 0.669. The molecule has 2 aromatic heterocycles. The zero-order valence-electron chi connectivity index (χ0n) is 7.94. The van der Waals surface area contributed by atoms with Gasteiger partial charge in [0, 0.05) is 17.3 Å². The van der Waals surface area contributed by atoms with Gasteiger partial charge in [-0.25, -0.2) is 4.98 Å². The molecule has 0 aliphatic heterocycles. The largest absolute Gasteiger partial charge is 0.323 e. The number of fused-ring (bicyclic) bond motifs is 1. The average Bonchev–Trinajstić information content (AvgIpc) is 2.59.